The first kappa shape index (κ1) is 17.5. The van der Waals surface area contributed by atoms with Crippen LogP contribution in [0.2, 0.25) is 0 Å². The maximum absolute atomic E-state index is 13.7. The fraction of sp³-hybridized carbons (Fsp3) is 0.333. The second-order valence-electron chi connectivity index (χ2n) is 6.09. The van der Waals surface area contributed by atoms with Crippen molar-refractivity contribution in [3.63, 3.8) is 0 Å². The van der Waals surface area contributed by atoms with Crippen LogP contribution in [0.4, 0.5) is 15.8 Å². The first-order valence-corrected chi connectivity index (χ1v) is 9.61. The van der Waals surface area contributed by atoms with E-state index in [1.54, 1.807) is 25.1 Å². The zero-order valence-corrected chi connectivity index (χ0v) is 15.1. The van der Waals surface area contributed by atoms with Crippen molar-refractivity contribution in [3.05, 3.63) is 47.8 Å². The van der Waals surface area contributed by atoms with E-state index in [2.05, 4.69) is 9.62 Å². The lowest BCUT2D eigenvalue weighted by Gasteiger charge is -2.22. The molecule has 1 aliphatic rings. The number of methoxy groups -OCH3 is 1. The molecule has 0 aliphatic carbocycles. The van der Waals surface area contributed by atoms with Crippen molar-refractivity contribution in [2.45, 2.75) is 24.7 Å². The van der Waals surface area contributed by atoms with Crippen molar-refractivity contribution in [2.75, 3.05) is 29.8 Å². The molecular weight excluding hydrogens is 343 g/mol. The Morgan fingerprint density at radius 1 is 1.12 bits per heavy atom. The normalized spacial score (nSPS) is 14.6. The van der Waals surface area contributed by atoms with Crippen molar-refractivity contribution < 1.29 is 17.5 Å². The van der Waals surface area contributed by atoms with Crippen LogP contribution in [0.3, 0.4) is 0 Å². The van der Waals surface area contributed by atoms with Gasteiger partial charge in [0.1, 0.15) is 11.6 Å². The summed E-state index contributed by atoms with van der Waals surface area (Å²) in [7, 11) is -2.31. The molecule has 25 heavy (non-hydrogen) atoms. The molecule has 0 amide bonds. The molecule has 7 heteroatoms. The molecule has 0 spiro atoms. The first-order chi connectivity index (χ1) is 11.9. The van der Waals surface area contributed by atoms with Crippen LogP contribution < -0.4 is 14.4 Å². The Balaban J connectivity index is 1.97. The summed E-state index contributed by atoms with van der Waals surface area (Å²) in [6.07, 6.45) is 2.09. The van der Waals surface area contributed by atoms with Gasteiger partial charge in [-0.15, -0.1) is 0 Å². The third-order valence-corrected chi connectivity index (χ3v) is 5.85. The standard InChI is InChI=1S/C18H21FN2O3S/c1-13-11-15(24-2)6-8-18(13)25(22,23)20-16-12-14(19)5-7-17(16)21-9-3-4-10-21/h5-8,11-12,20H,3-4,9-10H2,1-2H3. The number of ether oxygens (including phenoxy) is 1. The highest BCUT2D eigenvalue weighted by Gasteiger charge is 2.22. The van der Waals surface area contributed by atoms with E-state index in [1.165, 1.54) is 25.3 Å². The Labute approximate surface area is 147 Å². The van der Waals surface area contributed by atoms with E-state index in [0.29, 0.717) is 17.0 Å². The molecule has 0 aromatic heterocycles. The van der Waals surface area contributed by atoms with Crippen molar-refractivity contribution in [1.82, 2.24) is 0 Å². The zero-order chi connectivity index (χ0) is 18.0. The van der Waals surface area contributed by atoms with Crippen LogP contribution in [0.15, 0.2) is 41.3 Å². The second-order valence-corrected chi connectivity index (χ2v) is 7.74. The fourth-order valence-electron chi connectivity index (χ4n) is 3.07. The minimum absolute atomic E-state index is 0.143. The highest BCUT2D eigenvalue weighted by Crippen LogP contribution is 2.32. The number of nitrogens with zero attached hydrogens (tertiary/aromatic N) is 1. The molecule has 1 N–H and O–H groups in total. The molecule has 3 rings (SSSR count). The molecule has 0 unspecified atom stereocenters. The van der Waals surface area contributed by atoms with Gasteiger partial charge >= 0.3 is 0 Å². The number of halogens is 1. The Morgan fingerprint density at radius 3 is 2.48 bits per heavy atom. The molecule has 1 aliphatic heterocycles. The molecule has 0 bridgehead atoms. The smallest absolute Gasteiger partial charge is 0.262 e. The first-order valence-electron chi connectivity index (χ1n) is 8.13. The topological polar surface area (TPSA) is 58.6 Å². The Kier molecular flexibility index (Phi) is 4.85. The van der Waals surface area contributed by atoms with Crippen molar-refractivity contribution in [2.24, 2.45) is 0 Å². The van der Waals surface area contributed by atoms with E-state index in [9.17, 15) is 12.8 Å². The summed E-state index contributed by atoms with van der Waals surface area (Å²) in [5.41, 5.74) is 1.52. The molecule has 5 nitrogen and oxygen atoms in total. The summed E-state index contributed by atoms with van der Waals surface area (Å²) >= 11 is 0. The summed E-state index contributed by atoms with van der Waals surface area (Å²) in [6, 6.07) is 8.94. The minimum atomic E-state index is -3.84. The van der Waals surface area contributed by atoms with Crippen molar-refractivity contribution in [3.8, 4) is 5.75 Å². The predicted octanol–water partition coefficient (Wildman–Crippen LogP) is 3.54. The van der Waals surface area contributed by atoms with E-state index in [0.717, 1.165) is 25.9 Å². The summed E-state index contributed by atoms with van der Waals surface area (Å²) in [5, 5.41) is 0. The lowest BCUT2D eigenvalue weighted by Crippen LogP contribution is -2.21. The van der Waals surface area contributed by atoms with E-state index in [-0.39, 0.29) is 10.6 Å². The maximum Gasteiger partial charge on any atom is 0.262 e. The van der Waals surface area contributed by atoms with Gasteiger partial charge in [-0.05, 0) is 55.7 Å². The molecule has 0 radical (unpaired) electrons. The number of benzene rings is 2. The number of hydrogen-bond acceptors (Lipinski definition) is 4. The van der Waals surface area contributed by atoms with Crippen LogP contribution in [0.5, 0.6) is 5.75 Å². The highest BCUT2D eigenvalue weighted by atomic mass is 32.2. The van der Waals surface area contributed by atoms with Gasteiger partial charge in [-0.3, -0.25) is 4.72 Å². The van der Waals surface area contributed by atoms with Crippen LogP contribution >= 0.6 is 0 Å². The zero-order valence-electron chi connectivity index (χ0n) is 14.3. The Bertz CT molecular complexity index is 878. The number of hydrogen-bond donors (Lipinski definition) is 1. The molecule has 134 valence electrons. The molecule has 1 fully saturated rings. The van der Waals surface area contributed by atoms with Gasteiger partial charge in [0.15, 0.2) is 0 Å². The second kappa shape index (κ2) is 6.92. The van der Waals surface area contributed by atoms with Crippen LogP contribution in [-0.4, -0.2) is 28.6 Å². The third-order valence-electron chi connectivity index (χ3n) is 4.32. The number of aryl methyl sites for hydroxylation is 1. The lowest BCUT2D eigenvalue weighted by molar-refractivity contribution is 0.414. The van der Waals surface area contributed by atoms with Gasteiger partial charge in [0.05, 0.1) is 23.4 Å². The molecule has 0 atom stereocenters. The summed E-state index contributed by atoms with van der Waals surface area (Å²) in [6.45, 7) is 3.37. The van der Waals surface area contributed by atoms with Gasteiger partial charge in [-0.2, -0.15) is 0 Å². The molecule has 2 aromatic carbocycles. The van der Waals surface area contributed by atoms with Crippen molar-refractivity contribution >= 4 is 21.4 Å². The minimum Gasteiger partial charge on any atom is -0.497 e. The molecule has 0 saturated carbocycles. The third kappa shape index (κ3) is 3.71. The molecule has 1 saturated heterocycles. The van der Waals surface area contributed by atoms with Crippen LogP contribution in [-0.2, 0) is 10.0 Å². The highest BCUT2D eigenvalue weighted by molar-refractivity contribution is 7.92. The van der Waals surface area contributed by atoms with Crippen LogP contribution in [0, 0.1) is 12.7 Å². The van der Waals surface area contributed by atoms with E-state index in [4.69, 9.17) is 4.74 Å². The number of sulfonamides is 1. The summed E-state index contributed by atoms with van der Waals surface area (Å²) in [4.78, 5) is 2.21. The quantitative estimate of drug-likeness (QED) is 0.882. The van der Waals surface area contributed by atoms with Gasteiger partial charge in [0.2, 0.25) is 0 Å². The average molecular weight is 364 g/mol. The van der Waals surface area contributed by atoms with Gasteiger partial charge in [-0.25, -0.2) is 12.8 Å². The predicted molar refractivity (Wildman–Crippen MR) is 96.4 cm³/mol. The monoisotopic (exact) mass is 364 g/mol. The van der Waals surface area contributed by atoms with Gasteiger partial charge in [0, 0.05) is 19.2 Å². The average Bonchev–Trinajstić information content (AvgIpc) is 3.08. The maximum atomic E-state index is 13.7. The van der Waals surface area contributed by atoms with Gasteiger partial charge in [0.25, 0.3) is 10.0 Å². The lowest BCUT2D eigenvalue weighted by atomic mass is 10.2. The number of rotatable bonds is 5. The largest absolute Gasteiger partial charge is 0.497 e. The molecular formula is C18H21FN2O3S. The van der Waals surface area contributed by atoms with E-state index >= 15 is 0 Å². The van der Waals surface area contributed by atoms with E-state index < -0.39 is 15.8 Å². The van der Waals surface area contributed by atoms with Crippen LogP contribution in [0.1, 0.15) is 18.4 Å². The van der Waals surface area contributed by atoms with E-state index in [1.807, 2.05) is 0 Å². The molecule has 2 aromatic rings. The van der Waals surface area contributed by atoms with Crippen molar-refractivity contribution in [1.29, 1.82) is 0 Å². The molecule has 1 heterocycles. The Morgan fingerprint density at radius 2 is 1.84 bits per heavy atom. The Hall–Kier alpha value is -2.28. The van der Waals surface area contributed by atoms with Gasteiger partial charge in [-0.1, -0.05) is 0 Å². The number of nitrogens with one attached hydrogen (secondary N) is 1. The van der Waals surface area contributed by atoms with Gasteiger partial charge < -0.3 is 9.64 Å². The summed E-state index contributed by atoms with van der Waals surface area (Å²) in [5.74, 6) is 0.104. The van der Waals surface area contributed by atoms with Crippen LogP contribution in [0.25, 0.3) is 0 Å². The summed E-state index contributed by atoms with van der Waals surface area (Å²) < 4.78 is 47.0. The fourth-order valence-corrected chi connectivity index (χ4v) is 4.37. The SMILES string of the molecule is COc1ccc(S(=O)(=O)Nc2cc(F)ccc2N2CCCC2)c(C)c1. The number of anilines is 2.